The summed E-state index contributed by atoms with van der Waals surface area (Å²) in [7, 11) is -3.70. The molecule has 0 amide bonds. The Balaban J connectivity index is 1.88. The second-order valence-corrected chi connectivity index (χ2v) is 7.35. The number of carboxylic acid groups (broad SMARTS) is 1. The minimum Gasteiger partial charge on any atom is -0.480 e. The van der Waals surface area contributed by atoms with Crippen molar-refractivity contribution in [3.05, 3.63) is 29.8 Å². The van der Waals surface area contributed by atoms with Crippen LogP contribution in [0.4, 0.5) is 0 Å². The van der Waals surface area contributed by atoms with E-state index in [0.29, 0.717) is 18.8 Å². The molecule has 20 heavy (non-hydrogen) atoms. The van der Waals surface area contributed by atoms with Gasteiger partial charge in [0.05, 0.1) is 4.90 Å². The summed E-state index contributed by atoms with van der Waals surface area (Å²) < 4.78 is 26.1. The summed E-state index contributed by atoms with van der Waals surface area (Å²) >= 11 is 0. The highest BCUT2D eigenvalue weighted by atomic mass is 32.2. The molecular formula is C14H17NO4S. The summed E-state index contributed by atoms with van der Waals surface area (Å²) in [5, 5.41) is 9.11. The standard InChI is InChI=1S/C14H17NO4S/c16-14(17)13-2-1-9-15(13)20(18,19)12-7-5-11(6-8-12)10-3-4-10/h5-8,10,13H,1-4,9H2,(H,16,17)/t13-/m1/s1. The van der Waals surface area contributed by atoms with E-state index in [0.717, 1.165) is 4.31 Å². The minimum absolute atomic E-state index is 0.190. The second kappa shape index (κ2) is 4.86. The molecule has 0 spiro atoms. The predicted octanol–water partition coefficient (Wildman–Crippen LogP) is 1.80. The molecule has 1 aliphatic carbocycles. The van der Waals surface area contributed by atoms with Gasteiger partial charge in [0.2, 0.25) is 10.0 Å². The Kier molecular flexibility index (Phi) is 3.30. The van der Waals surface area contributed by atoms with Crippen molar-refractivity contribution in [3.63, 3.8) is 0 Å². The van der Waals surface area contributed by atoms with Crippen LogP contribution in [-0.4, -0.2) is 36.4 Å². The third-order valence-electron chi connectivity index (χ3n) is 4.02. The van der Waals surface area contributed by atoms with Gasteiger partial charge in [0.15, 0.2) is 0 Å². The smallest absolute Gasteiger partial charge is 0.322 e. The Hall–Kier alpha value is -1.40. The maximum absolute atomic E-state index is 12.5. The van der Waals surface area contributed by atoms with Crippen LogP contribution < -0.4 is 0 Å². The van der Waals surface area contributed by atoms with Crippen molar-refractivity contribution in [1.29, 1.82) is 0 Å². The van der Waals surface area contributed by atoms with E-state index in [1.807, 2.05) is 12.1 Å². The van der Waals surface area contributed by atoms with Gasteiger partial charge < -0.3 is 5.11 Å². The van der Waals surface area contributed by atoms with Gasteiger partial charge >= 0.3 is 5.97 Å². The molecule has 1 heterocycles. The molecule has 2 fully saturated rings. The lowest BCUT2D eigenvalue weighted by Gasteiger charge is -2.21. The van der Waals surface area contributed by atoms with Gasteiger partial charge in [-0.15, -0.1) is 0 Å². The SMILES string of the molecule is O=C(O)[C@H]1CCCN1S(=O)(=O)c1ccc(C2CC2)cc1. The zero-order valence-corrected chi connectivity index (χ0v) is 11.8. The first-order chi connectivity index (χ1) is 9.50. The zero-order valence-electron chi connectivity index (χ0n) is 11.0. The quantitative estimate of drug-likeness (QED) is 0.919. The summed E-state index contributed by atoms with van der Waals surface area (Å²) in [6.07, 6.45) is 3.31. The lowest BCUT2D eigenvalue weighted by atomic mass is 10.1. The van der Waals surface area contributed by atoms with Crippen molar-refractivity contribution < 1.29 is 18.3 Å². The highest BCUT2D eigenvalue weighted by Gasteiger charge is 2.39. The maximum atomic E-state index is 12.5. The maximum Gasteiger partial charge on any atom is 0.322 e. The first kappa shape index (κ1) is 13.6. The Morgan fingerprint density at radius 2 is 1.80 bits per heavy atom. The van der Waals surface area contributed by atoms with Crippen molar-refractivity contribution >= 4 is 16.0 Å². The van der Waals surface area contributed by atoms with E-state index in [9.17, 15) is 13.2 Å². The van der Waals surface area contributed by atoms with Gasteiger partial charge in [-0.2, -0.15) is 4.31 Å². The molecule has 1 atom stereocenters. The molecule has 5 nitrogen and oxygen atoms in total. The molecule has 1 aromatic rings. The summed E-state index contributed by atoms with van der Waals surface area (Å²) in [5.41, 5.74) is 1.17. The van der Waals surface area contributed by atoms with Crippen molar-refractivity contribution in [1.82, 2.24) is 4.31 Å². The van der Waals surface area contributed by atoms with Crippen LogP contribution in [-0.2, 0) is 14.8 Å². The summed E-state index contributed by atoms with van der Waals surface area (Å²) in [4.78, 5) is 11.3. The van der Waals surface area contributed by atoms with Crippen molar-refractivity contribution in [3.8, 4) is 0 Å². The first-order valence-corrected chi connectivity index (χ1v) is 8.29. The van der Waals surface area contributed by atoms with E-state index in [2.05, 4.69) is 0 Å². The lowest BCUT2D eigenvalue weighted by molar-refractivity contribution is -0.140. The van der Waals surface area contributed by atoms with Crippen LogP contribution in [0.5, 0.6) is 0 Å². The van der Waals surface area contributed by atoms with Gasteiger partial charge in [-0.3, -0.25) is 4.79 Å². The van der Waals surface area contributed by atoms with Gasteiger partial charge in [0.1, 0.15) is 6.04 Å². The number of sulfonamides is 1. The fourth-order valence-electron chi connectivity index (χ4n) is 2.74. The molecule has 0 unspecified atom stereocenters. The number of carboxylic acids is 1. The van der Waals surface area contributed by atoms with E-state index in [4.69, 9.17) is 5.11 Å². The van der Waals surface area contributed by atoms with Gasteiger partial charge in [0, 0.05) is 6.54 Å². The second-order valence-electron chi connectivity index (χ2n) is 5.46. The molecule has 1 aromatic carbocycles. The highest BCUT2D eigenvalue weighted by Crippen LogP contribution is 2.40. The third-order valence-corrected chi connectivity index (χ3v) is 5.95. The molecule has 0 radical (unpaired) electrons. The molecule has 0 aromatic heterocycles. The van der Waals surface area contributed by atoms with Crippen LogP contribution in [0.25, 0.3) is 0 Å². The van der Waals surface area contributed by atoms with Crippen LogP contribution >= 0.6 is 0 Å². The van der Waals surface area contributed by atoms with Gasteiger partial charge in [-0.05, 0) is 49.3 Å². The van der Waals surface area contributed by atoms with E-state index < -0.39 is 22.0 Å². The molecule has 1 saturated heterocycles. The number of benzene rings is 1. The van der Waals surface area contributed by atoms with Gasteiger partial charge in [-0.1, -0.05) is 12.1 Å². The molecule has 1 aliphatic heterocycles. The molecule has 3 rings (SSSR count). The van der Waals surface area contributed by atoms with Gasteiger partial charge in [0.25, 0.3) is 0 Å². The van der Waals surface area contributed by atoms with Crippen molar-refractivity contribution in [2.24, 2.45) is 0 Å². The van der Waals surface area contributed by atoms with Crippen LogP contribution in [0.15, 0.2) is 29.2 Å². The first-order valence-electron chi connectivity index (χ1n) is 6.85. The van der Waals surface area contributed by atoms with Crippen LogP contribution in [0, 0.1) is 0 Å². The number of hydrogen-bond donors (Lipinski definition) is 1. The zero-order chi connectivity index (χ0) is 14.3. The van der Waals surface area contributed by atoms with E-state index in [1.165, 1.54) is 18.4 Å². The number of hydrogen-bond acceptors (Lipinski definition) is 3. The monoisotopic (exact) mass is 295 g/mol. The average Bonchev–Trinajstić information content (AvgIpc) is 3.14. The van der Waals surface area contributed by atoms with E-state index in [1.54, 1.807) is 12.1 Å². The molecule has 0 bridgehead atoms. The number of nitrogens with zero attached hydrogens (tertiary/aromatic N) is 1. The Morgan fingerprint density at radius 1 is 1.15 bits per heavy atom. The normalized spacial score (nSPS) is 23.9. The van der Waals surface area contributed by atoms with Crippen LogP contribution in [0.3, 0.4) is 0 Å². The third kappa shape index (κ3) is 2.33. The molecule has 1 saturated carbocycles. The van der Waals surface area contributed by atoms with E-state index in [-0.39, 0.29) is 11.4 Å². The molecule has 6 heteroatoms. The number of carbonyl (C=O) groups is 1. The largest absolute Gasteiger partial charge is 0.480 e. The Labute approximate surface area is 118 Å². The fraction of sp³-hybridized carbons (Fsp3) is 0.500. The summed E-state index contributed by atoms with van der Waals surface area (Å²) in [6, 6.07) is 5.95. The topological polar surface area (TPSA) is 74.7 Å². The van der Waals surface area contributed by atoms with Gasteiger partial charge in [-0.25, -0.2) is 8.42 Å². The molecular weight excluding hydrogens is 278 g/mol. The lowest BCUT2D eigenvalue weighted by Crippen LogP contribution is -2.40. The predicted molar refractivity (Wildman–Crippen MR) is 73.0 cm³/mol. The Bertz CT molecular complexity index is 619. The number of rotatable bonds is 4. The summed E-state index contributed by atoms with van der Waals surface area (Å²) in [6.45, 7) is 0.281. The Morgan fingerprint density at radius 3 is 2.35 bits per heavy atom. The van der Waals surface area contributed by atoms with Crippen LogP contribution in [0.2, 0.25) is 0 Å². The van der Waals surface area contributed by atoms with E-state index >= 15 is 0 Å². The van der Waals surface area contributed by atoms with Crippen molar-refractivity contribution in [2.75, 3.05) is 6.54 Å². The van der Waals surface area contributed by atoms with Crippen molar-refractivity contribution in [2.45, 2.75) is 42.5 Å². The molecule has 1 N–H and O–H groups in total. The molecule has 108 valence electrons. The fourth-order valence-corrected chi connectivity index (χ4v) is 4.39. The summed E-state index contributed by atoms with van der Waals surface area (Å²) in [5.74, 6) is -0.494. The minimum atomic E-state index is -3.70. The molecule has 2 aliphatic rings. The average molecular weight is 295 g/mol. The number of aliphatic carboxylic acids is 1. The highest BCUT2D eigenvalue weighted by molar-refractivity contribution is 7.89. The van der Waals surface area contributed by atoms with Crippen LogP contribution in [0.1, 0.15) is 37.2 Å².